The van der Waals surface area contributed by atoms with Crippen LogP contribution in [0.25, 0.3) is 10.4 Å². The summed E-state index contributed by atoms with van der Waals surface area (Å²) < 4.78 is 5.97. The fourth-order valence-electron chi connectivity index (χ4n) is 2.32. The zero-order valence-corrected chi connectivity index (χ0v) is 15.5. The Morgan fingerprint density at radius 3 is 2.72 bits per heavy atom. The molecule has 3 aromatic rings. The Bertz CT molecular complexity index is 965. The molecule has 0 amide bonds. The van der Waals surface area contributed by atoms with Crippen molar-refractivity contribution in [1.29, 1.82) is 5.26 Å². The Morgan fingerprint density at radius 2 is 2.04 bits per heavy atom. The van der Waals surface area contributed by atoms with Crippen LogP contribution in [-0.4, -0.2) is 4.98 Å². The molecule has 126 valence electrons. The molecule has 0 saturated carbocycles. The maximum absolute atomic E-state index is 8.97. The van der Waals surface area contributed by atoms with Gasteiger partial charge in [-0.25, -0.2) is 4.98 Å². The van der Waals surface area contributed by atoms with E-state index in [0.29, 0.717) is 20.7 Å². The summed E-state index contributed by atoms with van der Waals surface area (Å²) in [6.07, 6.45) is 1.33. The summed E-state index contributed by atoms with van der Waals surface area (Å²) in [6.45, 7) is 1.88. The van der Waals surface area contributed by atoms with Gasteiger partial charge in [0.15, 0.2) is 11.6 Å². The minimum Gasteiger partial charge on any atom is -0.482 e. The molecular formula is C18H13Cl2N3OS. The molecule has 0 bridgehead atoms. The van der Waals surface area contributed by atoms with Crippen molar-refractivity contribution >= 4 is 40.4 Å². The summed E-state index contributed by atoms with van der Waals surface area (Å²) in [5.74, 6) is 0.751. The molecule has 4 nitrogen and oxygen atoms in total. The molecule has 0 fully saturated rings. The summed E-state index contributed by atoms with van der Waals surface area (Å²) in [5.41, 5.74) is 7.59. The van der Waals surface area contributed by atoms with Crippen molar-refractivity contribution in [3.05, 3.63) is 63.1 Å². The molecule has 25 heavy (non-hydrogen) atoms. The van der Waals surface area contributed by atoms with Gasteiger partial charge in [0.05, 0.1) is 0 Å². The lowest BCUT2D eigenvalue weighted by molar-refractivity contribution is 0.228. The molecule has 2 N–H and O–H groups in total. The zero-order chi connectivity index (χ0) is 18.0. The maximum atomic E-state index is 8.97. The number of nitrogens with zero attached hydrogens (tertiary/aromatic N) is 2. The first-order chi connectivity index (χ1) is 12.0. The number of thiophene rings is 1. The van der Waals surface area contributed by atoms with Gasteiger partial charge in [0.1, 0.15) is 17.1 Å². The number of rotatable bonds is 4. The van der Waals surface area contributed by atoms with E-state index in [-0.39, 0.29) is 11.9 Å². The Hall–Kier alpha value is -2.26. The number of anilines is 1. The Morgan fingerprint density at radius 1 is 1.24 bits per heavy atom. The van der Waals surface area contributed by atoms with Gasteiger partial charge in [0.2, 0.25) is 0 Å². The van der Waals surface area contributed by atoms with Crippen molar-refractivity contribution in [2.45, 2.75) is 13.0 Å². The number of nitrogens with two attached hydrogens (primary N) is 1. The lowest BCUT2D eigenvalue weighted by Crippen LogP contribution is -2.06. The van der Waals surface area contributed by atoms with Gasteiger partial charge in [-0.3, -0.25) is 0 Å². The normalized spacial score (nSPS) is 11.8. The number of benzene rings is 1. The third kappa shape index (κ3) is 3.88. The average Bonchev–Trinajstić information content (AvgIpc) is 3.06. The monoisotopic (exact) mass is 389 g/mol. The molecule has 0 saturated heterocycles. The first kappa shape index (κ1) is 17.6. The predicted octanol–water partition coefficient (Wildman–Crippen LogP) is 5.71. The van der Waals surface area contributed by atoms with Gasteiger partial charge >= 0.3 is 0 Å². The number of aromatic nitrogens is 1. The van der Waals surface area contributed by atoms with Crippen molar-refractivity contribution in [3.63, 3.8) is 0 Å². The highest BCUT2D eigenvalue weighted by atomic mass is 35.5. The topological polar surface area (TPSA) is 71.9 Å². The zero-order valence-electron chi connectivity index (χ0n) is 13.2. The first-order valence-electron chi connectivity index (χ1n) is 7.35. The van der Waals surface area contributed by atoms with Crippen LogP contribution in [0.3, 0.4) is 0 Å². The smallest absolute Gasteiger partial charge is 0.166 e. The Labute approximate surface area is 159 Å². The number of nitriles is 1. The van der Waals surface area contributed by atoms with E-state index in [1.807, 2.05) is 25.1 Å². The van der Waals surface area contributed by atoms with Crippen LogP contribution in [0.4, 0.5) is 5.82 Å². The van der Waals surface area contributed by atoms with Crippen LogP contribution >= 0.6 is 34.5 Å². The number of hydrogen-bond donors (Lipinski definition) is 1. The Kier molecular flexibility index (Phi) is 5.14. The third-order valence-corrected chi connectivity index (χ3v) is 5.19. The molecule has 1 unspecified atom stereocenters. The maximum Gasteiger partial charge on any atom is 0.166 e. The van der Waals surface area contributed by atoms with Gasteiger partial charge in [-0.15, -0.1) is 11.3 Å². The number of halogens is 2. The van der Waals surface area contributed by atoms with E-state index in [9.17, 15) is 0 Å². The van der Waals surface area contributed by atoms with Gasteiger partial charge in [0, 0.05) is 32.2 Å². The second-order valence-electron chi connectivity index (χ2n) is 5.31. The van der Waals surface area contributed by atoms with E-state index in [1.165, 1.54) is 11.3 Å². The standard InChI is InChI=1S/C18H13Cl2N3OS/c1-10(14-4-2-12(19)7-15(14)20)24-16-6-11(9-23-18(16)22)17-5-3-13(8-21)25-17/h2-7,9-10H,1H3,(H2,22,23). The minimum atomic E-state index is -0.331. The molecular weight excluding hydrogens is 377 g/mol. The van der Waals surface area contributed by atoms with Crippen molar-refractivity contribution in [2.24, 2.45) is 0 Å². The molecule has 1 atom stereocenters. The fraction of sp³-hybridized carbons (Fsp3) is 0.111. The largest absolute Gasteiger partial charge is 0.482 e. The van der Waals surface area contributed by atoms with Gasteiger partial charge in [-0.1, -0.05) is 29.3 Å². The lowest BCUT2D eigenvalue weighted by atomic mass is 10.1. The Balaban J connectivity index is 1.89. The molecule has 0 aliphatic rings. The van der Waals surface area contributed by atoms with E-state index < -0.39 is 0 Å². The molecule has 0 aliphatic heterocycles. The number of ether oxygens (including phenoxy) is 1. The van der Waals surface area contributed by atoms with Crippen LogP contribution in [0.5, 0.6) is 5.75 Å². The molecule has 1 aromatic carbocycles. The lowest BCUT2D eigenvalue weighted by Gasteiger charge is -2.18. The summed E-state index contributed by atoms with van der Waals surface area (Å²) in [7, 11) is 0. The number of nitrogen functional groups attached to an aromatic ring is 1. The number of hydrogen-bond acceptors (Lipinski definition) is 5. The van der Waals surface area contributed by atoms with Gasteiger partial charge in [-0.05, 0) is 37.3 Å². The fourth-order valence-corrected chi connectivity index (χ4v) is 3.67. The predicted molar refractivity (Wildman–Crippen MR) is 102 cm³/mol. The van der Waals surface area contributed by atoms with Crippen molar-refractivity contribution in [3.8, 4) is 22.3 Å². The van der Waals surface area contributed by atoms with Crippen LogP contribution < -0.4 is 10.5 Å². The average molecular weight is 390 g/mol. The van der Waals surface area contributed by atoms with Crippen LogP contribution in [0, 0.1) is 11.3 Å². The highest BCUT2D eigenvalue weighted by Gasteiger charge is 2.15. The first-order valence-corrected chi connectivity index (χ1v) is 8.92. The summed E-state index contributed by atoms with van der Waals surface area (Å²) in [6, 6.07) is 12.8. The highest BCUT2D eigenvalue weighted by molar-refractivity contribution is 7.16. The van der Waals surface area contributed by atoms with E-state index in [2.05, 4.69) is 11.1 Å². The summed E-state index contributed by atoms with van der Waals surface area (Å²) >= 11 is 13.6. The molecule has 2 heterocycles. The number of pyridine rings is 1. The second-order valence-corrected chi connectivity index (χ2v) is 7.24. The van der Waals surface area contributed by atoms with E-state index in [4.69, 9.17) is 38.9 Å². The quantitative estimate of drug-likeness (QED) is 0.619. The van der Waals surface area contributed by atoms with E-state index in [1.54, 1.807) is 24.4 Å². The van der Waals surface area contributed by atoms with Gasteiger partial charge < -0.3 is 10.5 Å². The molecule has 0 spiro atoms. The molecule has 0 radical (unpaired) electrons. The minimum absolute atomic E-state index is 0.290. The van der Waals surface area contributed by atoms with Gasteiger partial charge in [-0.2, -0.15) is 5.26 Å². The molecule has 2 aromatic heterocycles. The van der Waals surface area contributed by atoms with E-state index >= 15 is 0 Å². The van der Waals surface area contributed by atoms with E-state index in [0.717, 1.165) is 16.0 Å². The van der Waals surface area contributed by atoms with Crippen LogP contribution in [-0.2, 0) is 0 Å². The molecule has 3 rings (SSSR count). The van der Waals surface area contributed by atoms with Crippen molar-refractivity contribution in [1.82, 2.24) is 4.98 Å². The second kappa shape index (κ2) is 7.32. The SMILES string of the molecule is CC(Oc1cc(-c2ccc(C#N)s2)cnc1N)c1ccc(Cl)cc1Cl. The highest BCUT2D eigenvalue weighted by Crippen LogP contribution is 2.35. The van der Waals surface area contributed by atoms with Crippen LogP contribution in [0.1, 0.15) is 23.5 Å². The molecule has 7 heteroatoms. The summed E-state index contributed by atoms with van der Waals surface area (Å²) in [4.78, 5) is 5.75. The third-order valence-electron chi connectivity index (χ3n) is 3.59. The van der Waals surface area contributed by atoms with Gasteiger partial charge in [0.25, 0.3) is 0 Å². The van der Waals surface area contributed by atoms with Crippen LogP contribution in [0.2, 0.25) is 10.0 Å². The van der Waals surface area contributed by atoms with Crippen LogP contribution in [0.15, 0.2) is 42.6 Å². The molecule has 0 aliphatic carbocycles. The summed E-state index contributed by atoms with van der Waals surface area (Å²) in [5, 5.41) is 10.1. The van der Waals surface area contributed by atoms with Crippen molar-refractivity contribution in [2.75, 3.05) is 5.73 Å². The van der Waals surface area contributed by atoms with Crippen molar-refractivity contribution < 1.29 is 4.74 Å².